The van der Waals surface area contributed by atoms with Gasteiger partial charge in [-0.2, -0.15) is 5.10 Å². The number of morpholine rings is 1. The van der Waals surface area contributed by atoms with Crippen molar-refractivity contribution < 1.29 is 14.3 Å². The van der Waals surface area contributed by atoms with E-state index in [1.165, 1.54) is 4.68 Å². The number of hydrogen-bond acceptors (Lipinski definition) is 4. The number of rotatable bonds is 4. The number of ether oxygens (including phenoxy) is 1. The highest BCUT2D eigenvalue weighted by Crippen LogP contribution is 2.00. The van der Waals surface area contributed by atoms with Gasteiger partial charge in [0.05, 0.1) is 13.2 Å². The van der Waals surface area contributed by atoms with Crippen molar-refractivity contribution in [1.82, 2.24) is 20.0 Å². The van der Waals surface area contributed by atoms with Crippen LogP contribution in [-0.4, -0.2) is 59.3 Å². The van der Waals surface area contributed by atoms with E-state index in [4.69, 9.17) is 4.74 Å². The Labute approximate surface area is 111 Å². The van der Waals surface area contributed by atoms with Crippen molar-refractivity contribution in [3.05, 3.63) is 18.0 Å². The maximum Gasteiger partial charge on any atom is 0.269 e. The Morgan fingerprint density at radius 3 is 2.79 bits per heavy atom. The fraction of sp³-hybridized carbons (Fsp3) is 0.583. The van der Waals surface area contributed by atoms with E-state index >= 15 is 0 Å². The summed E-state index contributed by atoms with van der Waals surface area (Å²) < 4.78 is 6.68. The lowest BCUT2D eigenvalue weighted by Crippen LogP contribution is -2.42. The van der Waals surface area contributed by atoms with Crippen molar-refractivity contribution in [3.8, 4) is 0 Å². The summed E-state index contributed by atoms with van der Waals surface area (Å²) in [6, 6.07) is 1.64. The summed E-state index contributed by atoms with van der Waals surface area (Å²) in [6.07, 6.45) is 1.87. The molecule has 0 aliphatic carbocycles. The highest BCUT2D eigenvalue weighted by Gasteiger charge is 2.17. The minimum absolute atomic E-state index is 0.0496. The minimum Gasteiger partial charge on any atom is -0.378 e. The first-order chi connectivity index (χ1) is 9.18. The molecule has 19 heavy (non-hydrogen) atoms. The SMILES string of the molecule is Cn1nccc1C(=O)NCCC(=O)N1CCOCC1. The standard InChI is InChI=1S/C12H18N4O3/c1-15-10(2-5-14-15)12(18)13-4-3-11(17)16-6-8-19-9-7-16/h2,5H,3-4,6-9H2,1H3,(H,13,18). The predicted octanol–water partition coefficient (Wildman–Crippen LogP) is -0.601. The van der Waals surface area contributed by atoms with Crippen LogP contribution in [0.1, 0.15) is 16.9 Å². The first kappa shape index (κ1) is 13.5. The number of nitrogens with zero attached hydrogens (tertiary/aromatic N) is 3. The number of hydrogen-bond donors (Lipinski definition) is 1. The largest absolute Gasteiger partial charge is 0.378 e. The molecule has 0 bridgehead atoms. The second-order valence-corrected chi connectivity index (χ2v) is 4.34. The molecular weight excluding hydrogens is 248 g/mol. The maximum atomic E-state index is 11.8. The van der Waals surface area contributed by atoms with Gasteiger partial charge in [0.2, 0.25) is 5.91 Å². The van der Waals surface area contributed by atoms with Gasteiger partial charge in [0.1, 0.15) is 5.69 Å². The molecule has 7 nitrogen and oxygen atoms in total. The molecule has 0 aromatic carbocycles. The van der Waals surface area contributed by atoms with Crippen molar-refractivity contribution in [2.75, 3.05) is 32.8 Å². The maximum absolute atomic E-state index is 11.8. The van der Waals surface area contributed by atoms with Gasteiger partial charge >= 0.3 is 0 Å². The summed E-state index contributed by atoms with van der Waals surface area (Å²) >= 11 is 0. The molecule has 2 amide bonds. The molecule has 1 aliphatic heterocycles. The van der Waals surface area contributed by atoms with E-state index in [0.717, 1.165) is 0 Å². The summed E-state index contributed by atoms with van der Waals surface area (Å²) in [5, 5.41) is 6.64. The van der Waals surface area contributed by atoms with E-state index in [-0.39, 0.29) is 11.8 Å². The smallest absolute Gasteiger partial charge is 0.269 e. The highest BCUT2D eigenvalue weighted by atomic mass is 16.5. The summed E-state index contributed by atoms with van der Waals surface area (Å²) in [5.41, 5.74) is 0.485. The first-order valence-electron chi connectivity index (χ1n) is 6.30. The summed E-state index contributed by atoms with van der Waals surface area (Å²) in [4.78, 5) is 25.4. The van der Waals surface area contributed by atoms with Crippen LogP contribution < -0.4 is 5.32 Å². The van der Waals surface area contributed by atoms with E-state index in [2.05, 4.69) is 10.4 Å². The Morgan fingerprint density at radius 1 is 1.42 bits per heavy atom. The quantitative estimate of drug-likeness (QED) is 0.789. The third-order valence-electron chi connectivity index (χ3n) is 3.04. The molecule has 1 aliphatic rings. The lowest BCUT2D eigenvalue weighted by molar-refractivity contribution is -0.135. The van der Waals surface area contributed by atoms with E-state index in [1.54, 1.807) is 24.2 Å². The average molecular weight is 266 g/mol. The molecule has 0 atom stereocenters. The molecule has 104 valence electrons. The topological polar surface area (TPSA) is 76.5 Å². The van der Waals surface area contributed by atoms with Crippen molar-refractivity contribution in [3.63, 3.8) is 0 Å². The second-order valence-electron chi connectivity index (χ2n) is 4.34. The van der Waals surface area contributed by atoms with Crippen molar-refractivity contribution in [1.29, 1.82) is 0 Å². The van der Waals surface area contributed by atoms with Crippen LogP contribution in [0.2, 0.25) is 0 Å². The molecule has 1 saturated heterocycles. The lowest BCUT2D eigenvalue weighted by Gasteiger charge is -2.26. The number of carbonyl (C=O) groups is 2. The Balaban J connectivity index is 1.73. The number of aryl methyl sites for hydroxylation is 1. The van der Waals surface area contributed by atoms with E-state index < -0.39 is 0 Å². The molecule has 1 fully saturated rings. The molecule has 0 unspecified atom stereocenters. The fourth-order valence-corrected chi connectivity index (χ4v) is 1.94. The predicted molar refractivity (Wildman–Crippen MR) is 67.6 cm³/mol. The van der Waals surface area contributed by atoms with Gasteiger partial charge in [-0.25, -0.2) is 0 Å². The third-order valence-corrected chi connectivity index (χ3v) is 3.04. The molecule has 1 aromatic rings. The Kier molecular flexibility index (Phi) is 4.51. The minimum atomic E-state index is -0.213. The Bertz CT molecular complexity index is 452. The molecule has 7 heteroatoms. The van der Waals surface area contributed by atoms with Gasteiger partial charge in [-0.3, -0.25) is 14.3 Å². The van der Waals surface area contributed by atoms with Crippen LogP contribution in [0.4, 0.5) is 0 Å². The summed E-state index contributed by atoms with van der Waals surface area (Å²) in [6.45, 7) is 2.78. The summed E-state index contributed by atoms with van der Waals surface area (Å²) in [7, 11) is 1.70. The fourth-order valence-electron chi connectivity index (χ4n) is 1.94. The van der Waals surface area contributed by atoms with Gasteiger partial charge in [-0.15, -0.1) is 0 Å². The number of carbonyl (C=O) groups excluding carboxylic acids is 2. The van der Waals surface area contributed by atoms with Gasteiger partial charge in [0.25, 0.3) is 5.91 Å². The zero-order chi connectivity index (χ0) is 13.7. The third kappa shape index (κ3) is 3.54. The van der Waals surface area contributed by atoms with E-state index in [9.17, 15) is 9.59 Å². The monoisotopic (exact) mass is 266 g/mol. The molecule has 2 heterocycles. The van der Waals surface area contributed by atoms with Crippen LogP contribution in [0.15, 0.2) is 12.3 Å². The molecule has 1 aromatic heterocycles. The van der Waals surface area contributed by atoms with Crippen LogP contribution in [0.25, 0.3) is 0 Å². The highest BCUT2D eigenvalue weighted by molar-refractivity contribution is 5.92. The number of amides is 2. The molecular formula is C12H18N4O3. The van der Waals surface area contributed by atoms with Gasteiger partial charge in [0.15, 0.2) is 0 Å². The number of aromatic nitrogens is 2. The molecule has 2 rings (SSSR count). The Hall–Kier alpha value is -1.89. The van der Waals surface area contributed by atoms with Crippen LogP contribution in [-0.2, 0) is 16.6 Å². The van der Waals surface area contributed by atoms with Gasteiger partial charge in [0, 0.05) is 39.3 Å². The summed E-state index contributed by atoms with van der Waals surface area (Å²) in [5.74, 6) is -0.164. The zero-order valence-electron chi connectivity index (χ0n) is 11.0. The Morgan fingerprint density at radius 2 is 2.16 bits per heavy atom. The van der Waals surface area contributed by atoms with Crippen LogP contribution in [0.3, 0.4) is 0 Å². The van der Waals surface area contributed by atoms with E-state index in [1.807, 2.05) is 0 Å². The number of nitrogens with one attached hydrogen (secondary N) is 1. The van der Waals surface area contributed by atoms with Crippen LogP contribution in [0.5, 0.6) is 0 Å². The normalized spacial score (nSPS) is 15.3. The molecule has 0 radical (unpaired) electrons. The molecule has 0 spiro atoms. The zero-order valence-corrected chi connectivity index (χ0v) is 11.0. The van der Waals surface area contributed by atoms with Crippen LogP contribution in [0, 0.1) is 0 Å². The van der Waals surface area contributed by atoms with Crippen molar-refractivity contribution in [2.45, 2.75) is 6.42 Å². The van der Waals surface area contributed by atoms with Gasteiger partial charge in [-0.05, 0) is 6.07 Å². The average Bonchev–Trinajstić information content (AvgIpc) is 2.86. The van der Waals surface area contributed by atoms with Gasteiger partial charge in [-0.1, -0.05) is 0 Å². The van der Waals surface area contributed by atoms with Gasteiger partial charge < -0.3 is 15.0 Å². The molecule has 0 saturated carbocycles. The molecule has 1 N–H and O–H groups in total. The van der Waals surface area contributed by atoms with Crippen molar-refractivity contribution >= 4 is 11.8 Å². The van der Waals surface area contributed by atoms with Crippen molar-refractivity contribution in [2.24, 2.45) is 7.05 Å². The van der Waals surface area contributed by atoms with Crippen LogP contribution >= 0.6 is 0 Å². The lowest BCUT2D eigenvalue weighted by atomic mass is 10.3. The van der Waals surface area contributed by atoms with E-state index in [0.29, 0.717) is 45.0 Å². The first-order valence-corrected chi connectivity index (χ1v) is 6.30. The second kappa shape index (κ2) is 6.33.